The monoisotopic (exact) mass is 369 g/mol. The second kappa shape index (κ2) is 7.09. The SMILES string of the molecule is O=c1c2ccccc2c(N2CCCCC(O)C2)nn1-c1ccc(Cl)cc1. The lowest BCUT2D eigenvalue weighted by Gasteiger charge is -2.25. The number of nitrogens with zero attached hydrogens (tertiary/aromatic N) is 3. The second-order valence-corrected chi connectivity index (χ2v) is 7.09. The van der Waals surface area contributed by atoms with Crippen LogP contribution in [0.15, 0.2) is 53.3 Å². The third kappa shape index (κ3) is 3.20. The van der Waals surface area contributed by atoms with Crippen molar-refractivity contribution in [3.63, 3.8) is 0 Å². The van der Waals surface area contributed by atoms with E-state index in [4.69, 9.17) is 11.6 Å². The Bertz CT molecular complexity index is 985. The van der Waals surface area contributed by atoms with Crippen LogP contribution in [-0.2, 0) is 0 Å². The number of aromatic nitrogens is 2. The van der Waals surface area contributed by atoms with Crippen LogP contribution in [0, 0.1) is 0 Å². The van der Waals surface area contributed by atoms with Gasteiger partial charge in [-0.1, -0.05) is 29.8 Å². The number of hydrogen-bond acceptors (Lipinski definition) is 4. The van der Waals surface area contributed by atoms with E-state index < -0.39 is 0 Å². The Morgan fingerprint density at radius 1 is 1.04 bits per heavy atom. The molecule has 1 aliphatic rings. The van der Waals surface area contributed by atoms with Gasteiger partial charge in [-0.05, 0) is 49.6 Å². The van der Waals surface area contributed by atoms with Crippen LogP contribution in [0.3, 0.4) is 0 Å². The van der Waals surface area contributed by atoms with Gasteiger partial charge in [0.05, 0.1) is 17.2 Å². The molecule has 2 aromatic carbocycles. The number of β-amino-alcohol motifs (C(OH)–C–C–N with tert-alkyl or cyclic N) is 1. The Morgan fingerprint density at radius 3 is 2.54 bits per heavy atom. The van der Waals surface area contributed by atoms with Crippen molar-refractivity contribution in [1.82, 2.24) is 9.78 Å². The van der Waals surface area contributed by atoms with Gasteiger partial charge in [-0.3, -0.25) is 4.79 Å². The third-order valence-corrected chi connectivity index (χ3v) is 5.05. The van der Waals surface area contributed by atoms with Crippen LogP contribution >= 0.6 is 11.6 Å². The average molecular weight is 370 g/mol. The molecule has 1 N–H and O–H groups in total. The number of anilines is 1. The summed E-state index contributed by atoms with van der Waals surface area (Å²) in [4.78, 5) is 15.1. The number of halogens is 1. The zero-order valence-corrected chi connectivity index (χ0v) is 15.1. The van der Waals surface area contributed by atoms with Crippen molar-refractivity contribution in [1.29, 1.82) is 0 Å². The van der Waals surface area contributed by atoms with Gasteiger partial charge < -0.3 is 10.0 Å². The summed E-state index contributed by atoms with van der Waals surface area (Å²) in [5.41, 5.74) is 0.504. The molecule has 0 aliphatic carbocycles. The molecular formula is C20H20ClN3O2. The van der Waals surface area contributed by atoms with Crippen molar-refractivity contribution in [3.8, 4) is 5.69 Å². The molecule has 5 nitrogen and oxygen atoms in total. The van der Waals surface area contributed by atoms with Gasteiger partial charge in [-0.15, -0.1) is 5.10 Å². The lowest BCUT2D eigenvalue weighted by atomic mass is 10.1. The van der Waals surface area contributed by atoms with E-state index in [2.05, 4.69) is 10.00 Å². The van der Waals surface area contributed by atoms with Crippen molar-refractivity contribution >= 4 is 28.2 Å². The van der Waals surface area contributed by atoms with Gasteiger partial charge in [0.25, 0.3) is 5.56 Å². The van der Waals surface area contributed by atoms with Gasteiger partial charge in [0.15, 0.2) is 5.82 Å². The molecule has 0 spiro atoms. The van der Waals surface area contributed by atoms with E-state index in [0.29, 0.717) is 22.6 Å². The minimum Gasteiger partial charge on any atom is -0.391 e. The first-order valence-corrected chi connectivity index (χ1v) is 9.22. The Hall–Kier alpha value is -2.37. The van der Waals surface area contributed by atoms with Crippen molar-refractivity contribution < 1.29 is 5.11 Å². The summed E-state index contributed by atoms with van der Waals surface area (Å²) in [5, 5.41) is 16.9. The highest BCUT2D eigenvalue weighted by molar-refractivity contribution is 6.30. The van der Waals surface area contributed by atoms with Crippen LogP contribution in [-0.4, -0.2) is 34.1 Å². The molecule has 0 amide bonds. The Balaban J connectivity index is 1.92. The Kier molecular flexibility index (Phi) is 4.66. The van der Waals surface area contributed by atoms with Gasteiger partial charge in [-0.2, -0.15) is 4.68 Å². The molecule has 26 heavy (non-hydrogen) atoms. The molecule has 0 bridgehead atoms. The summed E-state index contributed by atoms with van der Waals surface area (Å²) in [7, 11) is 0. The Labute approximate surface area is 156 Å². The maximum absolute atomic E-state index is 13.0. The third-order valence-electron chi connectivity index (χ3n) is 4.80. The van der Waals surface area contributed by atoms with Crippen molar-refractivity contribution in [2.45, 2.75) is 25.4 Å². The number of fused-ring (bicyclic) bond motifs is 1. The van der Waals surface area contributed by atoms with Gasteiger partial charge in [0.2, 0.25) is 0 Å². The van der Waals surface area contributed by atoms with E-state index in [1.165, 1.54) is 4.68 Å². The average Bonchev–Trinajstić information content (AvgIpc) is 2.88. The maximum Gasteiger partial charge on any atom is 0.279 e. The molecule has 2 heterocycles. The molecule has 3 aromatic rings. The minimum absolute atomic E-state index is 0.165. The van der Waals surface area contributed by atoms with E-state index >= 15 is 0 Å². The molecular weight excluding hydrogens is 350 g/mol. The Morgan fingerprint density at radius 2 is 1.77 bits per heavy atom. The van der Waals surface area contributed by atoms with Crippen LogP contribution in [0.25, 0.3) is 16.5 Å². The first-order valence-electron chi connectivity index (χ1n) is 8.84. The molecule has 1 unspecified atom stereocenters. The van der Waals surface area contributed by atoms with Crippen LogP contribution in [0.1, 0.15) is 19.3 Å². The quantitative estimate of drug-likeness (QED) is 0.752. The van der Waals surface area contributed by atoms with Gasteiger partial charge in [0, 0.05) is 23.5 Å². The molecule has 0 radical (unpaired) electrons. The fourth-order valence-electron chi connectivity index (χ4n) is 3.48. The zero-order chi connectivity index (χ0) is 18.1. The number of aliphatic hydroxyl groups excluding tert-OH is 1. The molecule has 4 rings (SSSR count). The van der Waals surface area contributed by atoms with Gasteiger partial charge in [-0.25, -0.2) is 0 Å². The van der Waals surface area contributed by atoms with E-state index in [9.17, 15) is 9.90 Å². The summed E-state index contributed by atoms with van der Waals surface area (Å²) in [5.74, 6) is 0.733. The highest BCUT2D eigenvalue weighted by atomic mass is 35.5. The van der Waals surface area contributed by atoms with Gasteiger partial charge in [0.1, 0.15) is 0 Å². The van der Waals surface area contributed by atoms with Crippen molar-refractivity contribution in [3.05, 3.63) is 63.9 Å². The topological polar surface area (TPSA) is 58.4 Å². The molecule has 1 aromatic heterocycles. The molecule has 0 saturated carbocycles. The van der Waals surface area contributed by atoms with E-state index in [-0.39, 0.29) is 11.7 Å². The predicted octanol–water partition coefficient (Wildman–Crippen LogP) is 3.39. The fraction of sp³-hybridized carbons (Fsp3) is 0.300. The van der Waals surface area contributed by atoms with E-state index in [0.717, 1.165) is 37.0 Å². The summed E-state index contributed by atoms with van der Waals surface area (Å²) in [6, 6.07) is 14.6. The second-order valence-electron chi connectivity index (χ2n) is 6.66. The minimum atomic E-state index is -0.381. The van der Waals surface area contributed by atoms with E-state index in [1.807, 2.05) is 24.3 Å². The fourth-order valence-corrected chi connectivity index (χ4v) is 3.60. The summed E-state index contributed by atoms with van der Waals surface area (Å²) < 4.78 is 1.42. The smallest absolute Gasteiger partial charge is 0.279 e. The molecule has 134 valence electrons. The number of rotatable bonds is 2. The standard InChI is InChI=1S/C20H20ClN3O2/c21-14-8-10-15(11-9-14)24-20(26)18-7-2-1-6-17(18)19(22-24)23-12-4-3-5-16(25)13-23/h1-2,6-11,16,25H,3-5,12-13H2. The lowest BCUT2D eigenvalue weighted by molar-refractivity contribution is 0.174. The van der Waals surface area contributed by atoms with Crippen LogP contribution < -0.4 is 10.5 Å². The number of aliphatic hydroxyl groups is 1. The number of hydrogen-bond donors (Lipinski definition) is 1. The van der Waals surface area contributed by atoms with Gasteiger partial charge >= 0.3 is 0 Å². The predicted molar refractivity (Wildman–Crippen MR) is 104 cm³/mol. The number of benzene rings is 2. The highest BCUT2D eigenvalue weighted by Gasteiger charge is 2.21. The first-order chi connectivity index (χ1) is 12.6. The van der Waals surface area contributed by atoms with E-state index in [1.54, 1.807) is 24.3 Å². The van der Waals surface area contributed by atoms with Crippen LogP contribution in [0.2, 0.25) is 5.02 Å². The largest absolute Gasteiger partial charge is 0.391 e. The molecule has 1 atom stereocenters. The first kappa shape index (κ1) is 17.1. The summed E-state index contributed by atoms with van der Waals surface area (Å²) >= 11 is 5.98. The van der Waals surface area contributed by atoms with Crippen LogP contribution in [0.5, 0.6) is 0 Å². The van der Waals surface area contributed by atoms with Crippen molar-refractivity contribution in [2.24, 2.45) is 0 Å². The normalized spacial score (nSPS) is 18.1. The molecule has 1 aliphatic heterocycles. The molecule has 1 fully saturated rings. The lowest BCUT2D eigenvalue weighted by Crippen LogP contribution is -2.34. The summed E-state index contributed by atoms with van der Waals surface area (Å²) in [6.07, 6.45) is 2.40. The van der Waals surface area contributed by atoms with Crippen molar-refractivity contribution in [2.75, 3.05) is 18.0 Å². The van der Waals surface area contributed by atoms with Crippen LogP contribution in [0.4, 0.5) is 5.82 Å². The highest BCUT2D eigenvalue weighted by Crippen LogP contribution is 2.25. The molecule has 6 heteroatoms. The molecule has 1 saturated heterocycles. The summed E-state index contributed by atoms with van der Waals surface area (Å²) in [6.45, 7) is 1.34. The zero-order valence-electron chi connectivity index (χ0n) is 14.3. The maximum atomic E-state index is 13.0.